The van der Waals surface area contributed by atoms with Gasteiger partial charge in [0.1, 0.15) is 23.0 Å². The van der Waals surface area contributed by atoms with E-state index >= 15 is 0 Å². The molecule has 0 spiro atoms. The van der Waals surface area contributed by atoms with E-state index in [1.807, 2.05) is 84.9 Å². The molecule has 35 heavy (non-hydrogen) atoms. The first kappa shape index (κ1) is 24.9. The summed E-state index contributed by atoms with van der Waals surface area (Å²) in [5.74, 6) is 3.05. The van der Waals surface area contributed by atoms with Crippen molar-refractivity contribution in [3.63, 3.8) is 0 Å². The SMILES string of the molecule is COc1ccc(OC)c(-c2ccccc2SOSc2ccccc2-c2cc(OC)ccc2OC)c1. The number of ether oxygens (including phenoxy) is 4. The lowest BCUT2D eigenvalue weighted by molar-refractivity contribution is 0.404. The summed E-state index contributed by atoms with van der Waals surface area (Å²) < 4.78 is 28.1. The third kappa shape index (κ3) is 5.70. The van der Waals surface area contributed by atoms with Gasteiger partial charge in [0.25, 0.3) is 0 Å². The molecule has 4 aromatic carbocycles. The van der Waals surface area contributed by atoms with Gasteiger partial charge < -0.3 is 18.9 Å². The molecule has 0 atom stereocenters. The minimum Gasteiger partial charge on any atom is -0.497 e. The molecule has 0 fully saturated rings. The van der Waals surface area contributed by atoms with Crippen LogP contribution in [0, 0.1) is 0 Å². The second-order valence-corrected chi connectivity index (χ2v) is 9.12. The first-order chi connectivity index (χ1) is 17.2. The first-order valence-electron chi connectivity index (χ1n) is 10.8. The van der Waals surface area contributed by atoms with Gasteiger partial charge >= 0.3 is 0 Å². The highest BCUT2D eigenvalue weighted by molar-refractivity contribution is 8.08. The van der Waals surface area contributed by atoms with Gasteiger partial charge in [0.05, 0.1) is 28.4 Å². The molecule has 7 heteroatoms. The average molecular weight is 507 g/mol. The zero-order valence-electron chi connectivity index (χ0n) is 19.9. The Balaban J connectivity index is 1.59. The molecule has 0 heterocycles. The Morgan fingerprint density at radius 1 is 0.457 bits per heavy atom. The van der Waals surface area contributed by atoms with Crippen LogP contribution in [-0.4, -0.2) is 28.4 Å². The summed E-state index contributed by atoms with van der Waals surface area (Å²) in [6.07, 6.45) is 0. The smallest absolute Gasteiger partial charge is 0.126 e. The Hall–Kier alpha value is -3.26. The van der Waals surface area contributed by atoms with Crippen molar-refractivity contribution in [1.29, 1.82) is 0 Å². The van der Waals surface area contributed by atoms with Crippen LogP contribution < -0.4 is 18.9 Å². The van der Waals surface area contributed by atoms with Gasteiger partial charge in [-0.25, -0.2) is 3.63 Å². The number of benzene rings is 4. The molecule has 0 saturated heterocycles. The van der Waals surface area contributed by atoms with Crippen LogP contribution in [0.15, 0.2) is 94.7 Å². The fourth-order valence-corrected chi connectivity index (χ4v) is 5.19. The van der Waals surface area contributed by atoms with Gasteiger partial charge in [0, 0.05) is 56.1 Å². The number of rotatable bonds is 10. The molecular formula is C28H26O5S2. The molecule has 0 saturated carbocycles. The lowest BCUT2D eigenvalue weighted by atomic mass is 10.0. The van der Waals surface area contributed by atoms with E-state index in [-0.39, 0.29) is 0 Å². The first-order valence-corrected chi connectivity index (χ1v) is 12.3. The predicted octanol–water partition coefficient (Wildman–Crippen LogP) is 7.79. The van der Waals surface area contributed by atoms with E-state index in [1.165, 1.54) is 24.1 Å². The molecular weight excluding hydrogens is 480 g/mol. The molecule has 0 unspecified atom stereocenters. The van der Waals surface area contributed by atoms with Crippen LogP contribution in [0.4, 0.5) is 0 Å². The van der Waals surface area contributed by atoms with Crippen LogP contribution in [0.3, 0.4) is 0 Å². The van der Waals surface area contributed by atoms with Crippen LogP contribution >= 0.6 is 24.1 Å². The van der Waals surface area contributed by atoms with Gasteiger partial charge in [-0.1, -0.05) is 36.4 Å². The van der Waals surface area contributed by atoms with E-state index in [0.717, 1.165) is 55.0 Å². The van der Waals surface area contributed by atoms with Gasteiger partial charge in [0.2, 0.25) is 0 Å². The van der Waals surface area contributed by atoms with Crippen molar-refractivity contribution in [3.8, 4) is 45.3 Å². The van der Waals surface area contributed by atoms with Crippen molar-refractivity contribution in [2.75, 3.05) is 28.4 Å². The fourth-order valence-electron chi connectivity index (χ4n) is 3.66. The molecule has 0 bridgehead atoms. The lowest BCUT2D eigenvalue weighted by Crippen LogP contribution is -1.92. The number of methoxy groups -OCH3 is 4. The minimum absolute atomic E-state index is 0.761. The molecule has 4 rings (SSSR count). The average Bonchev–Trinajstić information content (AvgIpc) is 2.92. The van der Waals surface area contributed by atoms with E-state index < -0.39 is 0 Å². The molecule has 0 N–H and O–H groups in total. The highest BCUT2D eigenvalue weighted by Gasteiger charge is 2.15. The van der Waals surface area contributed by atoms with Crippen molar-refractivity contribution in [2.24, 2.45) is 0 Å². The van der Waals surface area contributed by atoms with E-state index in [2.05, 4.69) is 0 Å². The second-order valence-electron chi connectivity index (χ2n) is 7.36. The van der Waals surface area contributed by atoms with Gasteiger partial charge in [-0.15, -0.1) is 0 Å². The Morgan fingerprint density at radius 2 is 0.886 bits per heavy atom. The van der Waals surface area contributed by atoms with E-state index in [9.17, 15) is 0 Å². The Bertz CT molecular complexity index is 1190. The monoisotopic (exact) mass is 506 g/mol. The fraction of sp³-hybridized carbons (Fsp3) is 0.143. The predicted molar refractivity (Wildman–Crippen MR) is 143 cm³/mol. The molecule has 0 aliphatic rings. The van der Waals surface area contributed by atoms with E-state index in [1.54, 1.807) is 28.4 Å². The second kappa shape index (κ2) is 11.9. The van der Waals surface area contributed by atoms with Crippen molar-refractivity contribution in [1.82, 2.24) is 0 Å². The highest BCUT2D eigenvalue weighted by atomic mass is 32.2. The summed E-state index contributed by atoms with van der Waals surface area (Å²) in [5, 5.41) is 0. The zero-order valence-corrected chi connectivity index (χ0v) is 21.6. The topological polar surface area (TPSA) is 46.2 Å². The third-order valence-electron chi connectivity index (χ3n) is 5.42. The number of hydrogen-bond donors (Lipinski definition) is 0. The van der Waals surface area contributed by atoms with Crippen molar-refractivity contribution < 1.29 is 22.6 Å². The number of hydrogen-bond acceptors (Lipinski definition) is 7. The molecule has 0 radical (unpaired) electrons. The molecule has 5 nitrogen and oxygen atoms in total. The summed E-state index contributed by atoms with van der Waals surface area (Å²) in [4.78, 5) is 1.92. The minimum atomic E-state index is 0.761. The van der Waals surface area contributed by atoms with Gasteiger partial charge in [-0.2, -0.15) is 0 Å². The molecule has 0 amide bonds. The Kier molecular flexibility index (Phi) is 8.47. The maximum atomic E-state index is 6.08. The van der Waals surface area contributed by atoms with Gasteiger partial charge in [-0.05, 0) is 48.5 Å². The van der Waals surface area contributed by atoms with Gasteiger partial charge in [-0.3, -0.25) is 0 Å². The quantitative estimate of drug-likeness (QED) is 0.203. The van der Waals surface area contributed by atoms with Crippen LogP contribution in [0.5, 0.6) is 23.0 Å². The summed E-state index contributed by atoms with van der Waals surface area (Å²) in [6, 6.07) is 27.6. The Morgan fingerprint density at radius 3 is 1.29 bits per heavy atom. The Labute approximate surface area is 214 Å². The van der Waals surface area contributed by atoms with Crippen molar-refractivity contribution in [2.45, 2.75) is 9.79 Å². The molecule has 0 aromatic heterocycles. The normalized spacial score (nSPS) is 10.6. The van der Waals surface area contributed by atoms with Crippen LogP contribution in [0.2, 0.25) is 0 Å². The molecule has 180 valence electrons. The maximum absolute atomic E-state index is 6.08. The third-order valence-corrected chi connectivity index (χ3v) is 7.03. The van der Waals surface area contributed by atoms with Crippen LogP contribution in [0.25, 0.3) is 22.3 Å². The standard InChI is InChI=1S/C28H26O5S2/c1-29-19-13-15-25(31-3)23(17-19)21-9-5-7-11-27(21)34-33-35-28-12-8-6-10-22(28)24-18-20(30-2)14-16-26(24)32-4/h5-18H,1-4H3. The lowest BCUT2D eigenvalue weighted by Gasteiger charge is -2.15. The van der Waals surface area contributed by atoms with Crippen molar-refractivity contribution in [3.05, 3.63) is 84.9 Å². The molecule has 0 aliphatic carbocycles. The van der Waals surface area contributed by atoms with E-state index in [4.69, 9.17) is 22.6 Å². The molecule has 4 aromatic rings. The van der Waals surface area contributed by atoms with Crippen LogP contribution in [-0.2, 0) is 3.63 Å². The summed E-state index contributed by atoms with van der Waals surface area (Å²) in [6.45, 7) is 0. The van der Waals surface area contributed by atoms with Crippen LogP contribution in [0.1, 0.15) is 0 Å². The highest BCUT2D eigenvalue weighted by Crippen LogP contribution is 2.43. The summed E-state index contributed by atoms with van der Waals surface area (Å²) in [5.41, 5.74) is 3.86. The van der Waals surface area contributed by atoms with Gasteiger partial charge in [0.15, 0.2) is 0 Å². The maximum Gasteiger partial charge on any atom is 0.126 e. The van der Waals surface area contributed by atoms with E-state index in [0.29, 0.717) is 0 Å². The summed E-state index contributed by atoms with van der Waals surface area (Å²) >= 11 is 2.60. The van der Waals surface area contributed by atoms with Crippen molar-refractivity contribution >= 4 is 24.1 Å². The zero-order chi connectivity index (χ0) is 24.6. The molecule has 0 aliphatic heterocycles. The largest absolute Gasteiger partial charge is 0.497 e. The summed E-state index contributed by atoms with van der Waals surface area (Å²) in [7, 11) is 6.63.